The predicted octanol–water partition coefficient (Wildman–Crippen LogP) is -0.228. The van der Waals surface area contributed by atoms with E-state index in [2.05, 4.69) is 17.4 Å². The van der Waals surface area contributed by atoms with E-state index in [1.54, 1.807) is 14.2 Å². The zero-order chi connectivity index (χ0) is 21.3. The van der Waals surface area contributed by atoms with Gasteiger partial charge < -0.3 is 29.3 Å². The minimum atomic E-state index is -0.0130. The molecule has 0 radical (unpaired) electrons. The number of benzene rings is 2. The minimum absolute atomic E-state index is 0.0130. The number of likely N-dealkylation sites (N-methyl/N-ethyl adjacent to an activating group) is 1. The number of carbonyl (C=O) groups is 1. The first-order chi connectivity index (χ1) is 14.6. The molecule has 2 aromatic carbocycles. The number of hydrogen-bond donors (Lipinski definition) is 3. The lowest BCUT2D eigenvalue weighted by Crippen LogP contribution is -3.12. The molecule has 3 N–H and O–H groups in total. The monoisotopic (exact) mass is 415 g/mol. The fourth-order valence-electron chi connectivity index (χ4n) is 3.79. The second-order valence-electron chi connectivity index (χ2n) is 7.75. The van der Waals surface area contributed by atoms with Crippen LogP contribution in [-0.4, -0.2) is 60.0 Å². The Bertz CT molecular complexity index is 820. The van der Waals surface area contributed by atoms with Crippen LogP contribution >= 0.6 is 0 Å². The Morgan fingerprint density at radius 1 is 1.10 bits per heavy atom. The third-order valence-corrected chi connectivity index (χ3v) is 5.33. The van der Waals surface area contributed by atoms with Crippen LogP contribution in [0.1, 0.15) is 11.1 Å². The van der Waals surface area contributed by atoms with Crippen LogP contribution in [0.25, 0.3) is 0 Å². The molecule has 0 bridgehead atoms. The second-order valence-corrected chi connectivity index (χ2v) is 7.75. The quantitative estimate of drug-likeness (QED) is 0.530. The topological polar surface area (TPSA) is 65.7 Å². The molecule has 1 heterocycles. The molecule has 1 fully saturated rings. The van der Waals surface area contributed by atoms with Crippen LogP contribution in [0.5, 0.6) is 11.5 Å². The standard InChI is InChI=1S/C23H31N3O4/c1-25(16-19-5-4-6-21(28-2)23(19)29-3)17-22(27)24-20-9-7-18(8-10-20)15-26-11-13-30-14-12-26/h4-10H,11-17H2,1-3H3,(H,24,27)/p+2. The summed E-state index contributed by atoms with van der Waals surface area (Å²) in [6.07, 6.45) is 0. The number of nitrogens with one attached hydrogen (secondary N) is 3. The van der Waals surface area contributed by atoms with Gasteiger partial charge in [-0.1, -0.05) is 18.2 Å². The highest BCUT2D eigenvalue weighted by atomic mass is 16.5. The second kappa shape index (κ2) is 11.0. The van der Waals surface area contributed by atoms with E-state index in [9.17, 15) is 4.79 Å². The van der Waals surface area contributed by atoms with Gasteiger partial charge in [-0.05, 0) is 24.3 Å². The van der Waals surface area contributed by atoms with Gasteiger partial charge in [0.2, 0.25) is 0 Å². The van der Waals surface area contributed by atoms with E-state index >= 15 is 0 Å². The summed E-state index contributed by atoms with van der Waals surface area (Å²) in [7, 11) is 5.25. The van der Waals surface area contributed by atoms with E-state index in [-0.39, 0.29) is 5.91 Å². The fraction of sp³-hybridized carbons (Fsp3) is 0.435. The Balaban J connectivity index is 1.50. The summed E-state index contributed by atoms with van der Waals surface area (Å²) in [6.45, 7) is 5.78. The maximum atomic E-state index is 12.5. The molecule has 30 heavy (non-hydrogen) atoms. The molecule has 0 aromatic heterocycles. The van der Waals surface area contributed by atoms with Crippen molar-refractivity contribution in [1.29, 1.82) is 0 Å². The van der Waals surface area contributed by atoms with Crippen molar-refractivity contribution in [2.75, 3.05) is 59.4 Å². The van der Waals surface area contributed by atoms with Gasteiger partial charge >= 0.3 is 0 Å². The summed E-state index contributed by atoms with van der Waals surface area (Å²) in [5.74, 6) is 1.41. The Kier molecular flexibility index (Phi) is 8.07. The van der Waals surface area contributed by atoms with Gasteiger partial charge in [0.25, 0.3) is 5.91 Å². The normalized spacial score (nSPS) is 15.4. The number of methoxy groups -OCH3 is 2. The molecule has 1 saturated heterocycles. The lowest BCUT2D eigenvalue weighted by Gasteiger charge is -2.23. The number of rotatable bonds is 9. The van der Waals surface area contributed by atoms with Crippen molar-refractivity contribution in [2.45, 2.75) is 13.1 Å². The number of morpholine rings is 1. The van der Waals surface area contributed by atoms with Crippen LogP contribution in [-0.2, 0) is 22.6 Å². The lowest BCUT2D eigenvalue weighted by molar-refractivity contribution is -0.921. The molecule has 162 valence electrons. The van der Waals surface area contributed by atoms with Gasteiger partial charge in [0.15, 0.2) is 18.0 Å². The Morgan fingerprint density at radius 2 is 1.83 bits per heavy atom. The molecule has 7 heteroatoms. The highest BCUT2D eigenvalue weighted by Crippen LogP contribution is 2.29. The maximum absolute atomic E-state index is 12.5. The molecule has 1 aliphatic rings. The first-order valence-electron chi connectivity index (χ1n) is 10.4. The van der Waals surface area contributed by atoms with Crippen molar-refractivity contribution in [1.82, 2.24) is 0 Å². The maximum Gasteiger partial charge on any atom is 0.279 e. The van der Waals surface area contributed by atoms with E-state index in [0.717, 1.165) is 54.7 Å². The Hall–Kier alpha value is -2.61. The number of quaternary nitrogens is 2. The fourth-order valence-corrected chi connectivity index (χ4v) is 3.79. The van der Waals surface area contributed by atoms with E-state index in [1.165, 1.54) is 10.5 Å². The van der Waals surface area contributed by atoms with Crippen LogP contribution in [0.3, 0.4) is 0 Å². The van der Waals surface area contributed by atoms with Crippen LogP contribution in [0.15, 0.2) is 42.5 Å². The number of anilines is 1. The van der Waals surface area contributed by atoms with Crippen molar-refractivity contribution in [3.63, 3.8) is 0 Å². The van der Waals surface area contributed by atoms with Crippen molar-refractivity contribution < 1.29 is 28.8 Å². The Labute approximate surface area is 178 Å². The van der Waals surface area contributed by atoms with E-state index < -0.39 is 0 Å². The molecule has 0 spiro atoms. The van der Waals surface area contributed by atoms with E-state index in [1.807, 2.05) is 37.4 Å². The van der Waals surface area contributed by atoms with Crippen molar-refractivity contribution in [3.05, 3.63) is 53.6 Å². The highest BCUT2D eigenvalue weighted by molar-refractivity contribution is 5.91. The van der Waals surface area contributed by atoms with Crippen LogP contribution in [0.4, 0.5) is 5.69 Å². The molecule has 1 amide bonds. The summed E-state index contributed by atoms with van der Waals surface area (Å²) < 4.78 is 16.3. The van der Waals surface area contributed by atoms with Crippen LogP contribution in [0.2, 0.25) is 0 Å². The molecular formula is C23H33N3O4+2. The van der Waals surface area contributed by atoms with Gasteiger partial charge in [0.1, 0.15) is 26.2 Å². The highest BCUT2D eigenvalue weighted by Gasteiger charge is 2.17. The van der Waals surface area contributed by atoms with Gasteiger partial charge in [-0.15, -0.1) is 0 Å². The zero-order valence-electron chi connectivity index (χ0n) is 18.1. The molecule has 3 rings (SSSR count). The van der Waals surface area contributed by atoms with Crippen molar-refractivity contribution >= 4 is 11.6 Å². The van der Waals surface area contributed by atoms with Crippen LogP contribution in [0, 0.1) is 0 Å². The first kappa shape index (κ1) is 22.1. The number of para-hydroxylation sites is 1. The summed E-state index contributed by atoms with van der Waals surface area (Å²) in [5, 5.41) is 3.00. The average molecular weight is 416 g/mol. The molecule has 7 nitrogen and oxygen atoms in total. The molecule has 2 aromatic rings. The molecule has 1 atom stereocenters. The summed E-state index contributed by atoms with van der Waals surface area (Å²) >= 11 is 0. The van der Waals surface area contributed by atoms with Crippen molar-refractivity contribution in [2.24, 2.45) is 0 Å². The number of ether oxygens (including phenoxy) is 3. The van der Waals surface area contributed by atoms with Gasteiger partial charge in [-0.3, -0.25) is 4.79 Å². The first-order valence-corrected chi connectivity index (χ1v) is 10.4. The largest absolute Gasteiger partial charge is 0.493 e. The minimum Gasteiger partial charge on any atom is -0.493 e. The van der Waals surface area contributed by atoms with Crippen molar-refractivity contribution in [3.8, 4) is 11.5 Å². The zero-order valence-corrected chi connectivity index (χ0v) is 18.1. The lowest BCUT2D eigenvalue weighted by atomic mass is 10.1. The summed E-state index contributed by atoms with van der Waals surface area (Å²) in [6, 6.07) is 13.9. The Morgan fingerprint density at radius 3 is 2.50 bits per heavy atom. The number of hydrogen-bond acceptors (Lipinski definition) is 4. The average Bonchev–Trinajstić information content (AvgIpc) is 2.75. The SMILES string of the molecule is COc1cccc(C[NH+](C)CC(=O)Nc2ccc(C[NH+]3CCOCC3)cc2)c1OC. The summed E-state index contributed by atoms with van der Waals surface area (Å²) in [4.78, 5) is 15.1. The van der Waals surface area contributed by atoms with E-state index in [0.29, 0.717) is 18.8 Å². The summed E-state index contributed by atoms with van der Waals surface area (Å²) in [5.41, 5.74) is 3.11. The van der Waals surface area contributed by atoms with Crippen LogP contribution < -0.4 is 24.6 Å². The molecular weight excluding hydrogens is 382 g/mol. The molecule has 0 aliphatic carbocycles. The third-order valence-electron chi connectivity index (χ3n) is 5.33. The van der Waals surface area contributed by atoms with Gasteiger partial charge in [-0.2, -0.15) is 0 Å². The van der Waals surface area contributed by atoms with Gasteiger partial charge in [0.05, 0.1) is 40.0 Å². The predicted molar refractivity (Wildman–Crippen MR) is 115 cm³/mol. The van der Waals surface area contributed by atoms with E-state index in [4.69, 9.17) is 14.2 Å². The van der Waals surface area contributed by atoms with Gasteiger partial charge in [0, 0.05) is 11.3 Å². The number of amides is 1. The molecule has 1 aliphatic heterocycles. The third kappa shape index (κ3) is 6.19. The smallest absolute Gasteiger partial charge is 0.279 e. The van der Waals surface area contributed by atoms with Gasteiger partial charge in [-0.25, -0.2) is 0 Å². The molecule has 1 unspecified atom stereocenters. The molecule has 0 saturated carbocycles. The number of carbonyl (C=O) groups excluding carboxylic acids is 1.